The molecule has 4 nitrogen and oxygen atoms in total. The van der Waals surface area contributed by atoms with Gasteiger partial charge in [0.1, 0.15) is 0 Å². The average molecular weight is 375 g/mol. The summed E-state index contributed by atoms with van der Waals surface area (Å²) in [4.78, 5) is 25.8. The molecule has 1 amide bonds. The highest BCUT2D eigenvalue weighted by atomic mass is 79.9. The normalized spacial score (nSPS) is 22.1. The van der Waals surface area contributed by atoms with Crippen molar-refractivity contribution in [2.24, 2.45) is 5.41 Å². The maximum Gasteiger partial charge on any atom is 0.311 e. The number of halogens is 2. The fourth-order valence-corrected chi connectivity index (χ4v) is 3.31. The second kappa shape index (κ2) is 6.36. The Hall–Kier alpha value is -1.07. The zero-order chi connectivity index (χ0) is 15.6. The van der Waals surface area contributed by atoms with Gasteiger partial charge in [0, 0.05) is 17.6 Å². The Labute approximate surface area is 137 Å². The number of carboxylic acids is 1. The molecular formula is C15H17BrClNO3. The minimum absolute atomic E-state index is 0.208. The third-order valence-electron chi connectivity index (χ3n) is 4.15. The van der Waals surface area contributed by atoms with Crippen molar-refractivity contribution in [3.63, 3.8) is 0 Å². The molecule has 0 aliphatic carbocycles. The van der Waals surface area contributed by atoms with Crippen molar-refractivity contribution in [2.45, 2.75) is 26.2 Å². The summed E-state index contributed by atoms with van der Waals surface area (Å²) in [6.07, 6.45) is 1.81. The van der Waals surface area contributed by atoms with E-state index in [1.807, 2.05) is 6.92 Å². The summed E-state index contributed by atoms with van der Waals surface area (Å²) in [6, 6.07) is 5.10. The predicted octanol–water partition coefficient (Wildman–Crippen LogP) is 3.82. The molecule has 0 spiro atoms. The van der Waals surface area contributed by atoms with Gasteiger partial charge in [-0.3, -0.25) is 9.59 Å². The van der Waals surface area contributed by atoms with Gasteiger partial charge in [-0.1, -0.05) is 34.5 Å². The van der Waals surface area contributed by atoms with Gasteiger partial charge in [0.15, 0.2) is 0 Å². The van der Waals surface area contributed by atoms with Gasteiger partial charge >= 0.3 is 5.97 Å². The summed E-state index contributed by atoms with van der Waals surface area (Å²) in [7, 11) is 0. The molecule has 1 saturated heterocycles. The molecule has 0 bridgehead atoms. The summed E-state index contributed by atoms with van der Waals surface area (Å²) in [5, 5.41) is 9.87. The van der Waals surface area contributed by atoms with Crippen LogP contribution in [0.1, 0.15) is 36.5 Å². The van der Waals surface area contributed by atoms with E-state index in [-0.39, 0.29) is 12.5 Å². The van der Waals surface area contributed by atoms with Crippen LogP contribution in [0, 0.1) is 5.41 Å². The van der Waals surface area contributed by atoms with Gasteiger partial charge in [0.25, 0.3) is 5.91 Å². The Morgan fingerprint density at radius 1 is 1.48 bits per heavy atom. The van der Waals surface area contributed by atoms with E-state index in [9.17, 15) is 14.7 Å². The number of benzene rings is 1. The summed E-state index contributed by atoms with van der Waals surface area (Å²) < 4.78 is 0.771. The molecule has 114 valence electrons. The van der Waals surface area contributed by atoms with Crippen molar-refractivity contribution >= 4 is 39.4 Å². The van der Waals surface area contributed by atoms with Crippen LogP contribution in [0.4, 0.5) is 0 Å². The van der Waals surface area contributed by atoms with Crippen LogP contribution in [0.25, 0.3) is 0 Å². The van der Waals surface area contributed by atoms with Crippen molar-refractivity contribution in [1.29, 1.82) is 0 Å². The molecule has 1 aliphatic rings. The molecule has 0 radical (unpaired) electrons. The van der Waals surface area contributed by atoms with Gasteiger partial charge in [-0.15, -0.1) is 0 Å². The number of carbonyl (C=O) groups excluding carboxylic acids is 1. The van der Waals surface area contributed by atoms with Crippen LogP contribution in [0.2, 0.25) is 5.02 Å². The van der Waals surface area contributed by atoms with Crippen molar-refractivity contribution in [3.05, 3.63) is 33.3 Å². The second-order valence-electron chi connectivity index (χ2n) is 5.39. The third-order valence-corrected chi connectivity index (χ3v) is 4.98. The van der Waals surface area contributed by atoms with Crippen LogP contribution in [0.15, 0.2) is 22.7 Å². The summed E-state index contributed by atoms with van der Waals surface area (Å²) in [5.74, 6) is -1.04. The van der Waals surface area contributed by atoms with Crippen LogP contribution >= 0.6 is 27.5 Å². The molecule has 2 rings (SSSR count). The smallest absolute Gasteiger partial charge is 0.311 e. The molecule has 1 heterocycles. The minimum atomic E-state index is -0.841. The van der Waals surface area contributed by atoms with Crippen LogP contribution in [-0.4, -0.2) is 35.0 Å². The first-order valence-corrected chi connectivity index (χ1v) is 8.04. The zero-order valence-corrected chi connectivity index (χ0v) is 14.1. The molecule has 1 aromatic carbocycles. The number of rotatable bonds is 3. The van der Waals surface area contributed by atoms with E-state index in [2.05, 4.69) is 15.9 Å². The number of carboxylic acid groups (broad SMARTS) is 1. The highest BCUT2D eigenvalue weighted by Gasteiger charge is 2.42. The van der Waals surface area contributed by atoms with E-state index in [4.69, 9.17) is 11.6 Å². The first kappa shape index (κ1) is 16.3. The lowest BCUT2D eigenvalue weighted by Crippen LogP contribution is -2.49. The number of carbonyl (C=O) groups is 2. The highest BCUT2D eigenvalue weighted by Crippen LogP contribution is 2.35. The highest BCUT2D eigenvalue weighted by molar-refractivity contribution is 9.10. The van der Waals surface area contributed by atoms with Crippen molar-refractivity contribution < 1.29 is 14.7 Å². The van der Waals surface area contributed by atoms with Gasteiger partial charge in [0.05, 0.1) is 16.0 Å². The quantitative estimate of drug-likeness (QED) is 0.875. The molecule has 1 fully saturated rings. The largest absolute Gasteiger partial charge is 0.481 e. The molecule has 1 aliphatic heterocycles. The first-order chi connectivity index (χ1) is 9.89. The van der Waals surface area contributed by atoms with E-state index < -0.39 is 11.4 Å². The van der Waals surface area contributed by atoms with Crippen LogP contribution in [0.3, 0.4) is 0 Å². The maximum atomic E-state index is 12.6. The lowest BCUT2D eigenvalue weighted by atomic mass is 9.77. The Kier molecular flexibility index (Phi) is 4.94. The van der Waals surface area contributed by atoms with Gasteiger partial charge < -0.3 is 10.0 Å². The molecule has 1 unspecified atom stereocenters. The van der Waals surface area contributed by atoms with Gasteiger partial charge in [0.2, 0.25) is 0 Å². The van der Waals surface area contributed by atoms with E-state index in [1.165, 1.54) is 0 Å². The van der Waals surface area contributed by atoms with E-state index in [0.29, 0.717) is 36.4 Å². The van der Waals surface area contributed by atoms with E-state index in [1.54, 1.807) is 23.1 Å². The van der Waals surface area contributed by atoms with Crippen molar-refractivity contribution in [2.75, 3.05) is 13.1 Å². The molecule has 1 N–H and O–H groups in total. The van der Waals surface area contributed by atoms with Gasteiger partial charge in [-0.2, -0.15) is 0 Å². The van der Waals surface area contributed by atoms with E-state index >= 15 is 0 Å². The topological polar surface area (TPSA) is 57.6 Å². The molecule has 1 aromatic rings. The Bertz CT molecular complexity index is 578. The number of hydrogen-bond donors (Lipinski definition) is 1. The number of hydrogen-bond acceptors (Lipinski definition) is 2. The summed E-state index contributed by atoms with van der Waals surface area (Å²) >= 11 is 9.42. The minimum Gasteiger partial charge on any atom is -0.481 e. The predicted molar refractivity (Wildman–Crippen MR) is 84.6 cm³/mol. The SMILES string of the molecule is CCC1(C(=O)O)CCCN(C(=O)c2cc(Br)ccc2Cl)C1. The number of amides is 1. The first-order valence-electron chi connectivity index (χ1n) is 6.87. The second-order valence-corrected chi connectivity index (χ2v) is 6.72. The number of aliphatic carboxylic acids is 1. The lowest BCUT2D eigenvalue weighted by molar-refractivity contribution is -0.152. The third kappa shape index (κ3) is 3.24. The summed E-state index contributed by atoms with van der Waals surface area (Å²) in [6.45, 7) is 2.66. The fraction of sp³-hybridized carbons (Fsp3) is 0.467. The molecule has 1 atom stereocenters. The Morgan fingerprint density at radius 3 is 2.81 bits per heavy atom. The molecule has 6 heteroatoms. The maximum absolute atomic E-state index is 12.6. The average Bonchev–Trinajstić information content (AvgIpc) is 2.48. The van der Waals surface area contributed by atoms with Crippen molar-refractivity contribution in [1.82, 2.24) is 4.90 Å². The lowest BCUT2D eigenvalue weighted by Gasteiger charge is -2.39. The molecule has 0 aromatic heterocycles. The fourth-order valence-electron chi connectivity index (χ4n) is 2.75. The monoisotopic (exact) mass is 373 g/mol. The van der Waals surface area contributed by atoms with E-state index in [0.717, 1.165) is 4.47 Å². The Balaban J connectivity index is 2.27. The molecule has 21 heavy (non-hydrogen) atoms. The molecule has 0 saturated carbocycles. The number of piperidine rings is 1. The summed E-state index contributed by atoms with van der Waals surface area (Å²) in [5.41, 5.74) is -0.435. The Morgan fingerprint density at radius 2 is 2.19 bits per heavy atom. The number of likely N-dealkylation sites (tertiary alicyclic amines) is 1. The van der Waals surface area contributed by atoms with Crippen LogP contribution in [0.5, 0.6) is 0 Å². The van der Waals surface area contributed by atoms with Crippen LogP contribution < -0.4 is 0 Å². The van der Waals surface area contributed by atoms with Gasteiger partial charge in [-0.25, -0.2) is 0 Å². The standard InChI is InChI=1S/C15H17BrClNO3/c1-2-15(14(20)21)6-3-7-18(9-15)13(19)11-8-10(16)4-5-12(11)17/h4-5,8H,2-3,6-7,9H2,1H3,(H,20,21). The van der Waals surface area contributed by atoms with Gasteiger partial charge in [-0.05, 0) is 37.5 Å². The zero-order valence-electron chi connectivity index (χ0n) is 11.7. The van der Waals surface area contributed by atoms with Crippen molar-refractivity contribution in [3.8, 4) is 0 Å². The number of nitrogens with zero attached hydrogens (tertiary/aromatic N) is 1. The van der Waals surface area contributed by atoms with Crippen LogP contribution in [-0.2, 0) is 4.79 Å². The molecular weight excluding hydrogens is 358 g/mol.